The van der Waals surface area contributed by atoms with Crippen LogP contribution in [0.3, 0.4) is 0 Å². The third-order valence-corrected chi connectivity index (χ3v) is 4.32. The van der Waals surface area contributed by atoms with Gasteiger partial charge in [0.2, 0.25) is 0 Å². The largest absolute Gasteiger partial charge is 0.490 e. The number of rotatable bonds is 7. The molecule has 4 heteroatoms. The van der Waals surface area contributed by atoms with Crippen LogP contribution in [0.25, 0.3) is 0 Å². The predicted molar refractivity (Wildman–Crippen MR) is 105 cm³/mol. The minimum atomic E-state index is 0.629. The molecule has 0 radical (unpaired) electrons. The van der Waals surface area contributed by atoms with Crippen molar-refractivity contribution in [2.24, 2.45) is 0 Å². The molecule has 0 atom stereocenters. The summed E-state index contributed by atoms with van der Waals surface area (Å²) in [5, 5.41) is 3.50. The molecular formula is C19H24INO2. The van der Waals surface area contributed by atoms with E-state index in [4.69, 9.17) is 9.47 Å². The molecule has 0 aliphatic rings. The highest BCUT2D eigenvalue weighted by Gasteiger charge is 2.12. The van der Waals surface area contributed by atoms with E-state index in [1.807, 2.05) is 13.8 Å². The van der Waals surface area contributed by atoms with Gasteiger partial charge in [0, 0.05) is 12.2 Å². The maximum atomic E-state index is 5.74. The van der Waals surface area contributed by atoms with E-state index in [0.29, 0.717) is 13.2 Å². The predicted octanol–water partition coefficient (Wildman–Crippen LogP) is 5.32. The number of hydrogen-bond acceptors (Lipinski definition) is 3. The Bertz CT molecular complexity index is 671. The lowest BCUT2D eigenvalue weighted by molar-refractivity contribution is 0.286. The lowest BCUT2D eigenvalue weighted by Gasteiger charge is -2.16. The van der Waals surface area contributed by atoms with Gasteiger partial charge in [-0.2, -0.15) is 0 Å². The number of nitrogens with one attached hydrogen (secondary N) is 1. The van der Waals surface area contributed by atoms with Crippen LogP contribution in [0, 0.1) is 17.4 Å². The number of ether oxygens (including phenoxy) is 2. The Hall–Kier alpha value is -1.43. The van der Waals surface area contributed by atoms with Crippen LogP contribution in [-0.4, -0.2) is 13.2 Å². The summed E-state index contributed by atoms with van der Waals surface area (Å²) in [6.45, 7) is 10.2. The molecule has 0 amide bonds. The van der Waals surface area contributed by atoms with Crippen molar-refractivity contribution in [2.45, 2.75) is 34.2 Å². The molecule has 0 unspecified atom stereocenters. The van der Waals surface area contributed by atoms with Crippen molar-refractivity contribution in [3.05, 3.63) is 50.6 Å². The van der Waals surface area contributed by atoms with Crippen molar-refractivity contribution >= 4 is 28.3 Å². The topological polar surface area (TPSA) is 30.5 Å². The quantitative estimate of drug-likeness (QED) is 0.610. The maximum Gasteiger partial charge on any atom is 0.174 e. The Balaban J connectivity index is 2.19. The van der Waals surface area contributed by atoms with Crippen LogP contribution in [0.2, 0.25) is 0 Å². The number of aryl methyl sites for hydroxylation is 2. The zero-order chi connectivity index (χ0) is 16.8. The van der Waals surface area contributed by atoms with Gasteiger partial charge in [0.15, 0.2) is 11.5 Å². The first-order chi connectivity index (χ1) is 11.0. The van der Waals surface area contributed by atoms with Crippen LogP contribution < -0.4 is 14.8 Å². The normalized spacial score (nSPS) is 10.5. The summed E-state index contributed by atoms with van der Waals surface area (Å²) in [7, 11) is 0. The zero-order valence-corrected chi connectivity index (χ0v) is 16.4. The van der Waals surface area contributed by atoms with Gasteiger partial charge in [0.25, 0.3) is 0 Å². The molecule has 0 bridgehead atoms. The summed E-state index contributed by atoms with van der Waals surface area (Å²) < 4.78 is 12.5. The zero-order valence-electron chi connectivity index (χ0n) is 14.2. The molecule has 23 heavy (non-hydrogen) atoms. The Kier molecular flexibility index (Phi) is 6.57. The van der Waals surface area contributed by atoms with Gasteiger partial charge in [-0.25, -0.2) is 0 Å². The average Bonchev–Trinajstić information content (AvgIpc) is 2.50. The molecule has 0 saturated heterocycles. The Morgan fingerprint density at radius 2 is 1.74 bits per heavy atom. The van der Waals surface area contributed by atoms with Crippen molar-refractivity contribution in [1.82, 2.24) is 0 Å². The summed E-state index contributed by atoms with van der Waals surface area (Å²) in [4.78, 5) is 0. The fraction of sp³-hybridized carbons (Fsp3) is 0.368. The van der Waals surface area contributed by atoms with Crippen molar-refractivity contribution in [3.8, 4) is 11.5 Å². The Labute approximate surface area is 152 Å². The van der Waals surface area contributed by atoms with Crippen LogP contribution >= 0.6 is 22.6 Å². The first kappa shape index (κ1) is 17.9. The summed E-state index contributed by atoms with van der Waals surface area (Å²) in [6.07, 6.45) is 0. The lowest BCUT2D eigenvalue weighted by Crippen LogP contribution is -2.05. The summed E-state index contributed by atoms with van der Waals surface area (Å²) >= 11 is 2.31. The molecule has 1 N–H and O–H groups in total. The van der Waals surface area contributed by atoms with Crippen molar-refractivity contribution in [3.63, 3.8) is 0 Å². The molecule has 0 aliphatic heterocycles. The van der Waals surface area contributed by atoms with Gasteiger partial charge in [0.1, 0.15) is 0 Å². The van der Waals surface area contributed by atoms with E-state index in [9.17, 15) is 0 Å². The molecule has 124 valence electrons. The number of benzene rings is 2. The highest BCUT2D eigenvalue weighted by molar-refractivity contribution is 14.1. The van der Waals surface area contributed by atoms with E-state index in [-0.39, 0.29) is 0 Å². The minimum absolute atomic E-state index is 0.629. The van der Waals surface area contributed by atoms with Gasteiger partial charge in [-0.3, -0.25) is 0 Å². The molecule has 2 rings (SSSR count). The lowest BCUT2D eigenvalue weighted by atomic mass is 10.1. The highest BCUT2D eigenvalue weighted by atomic mass is 127. The van der Waals surface area contributed by atoms with Crippen LogP contribution in [0.15, 0.2) is 30.3 Å². The number of halogens is 1. The maximum absolute atomic E-state index is 5.74. The molecule has 0 aliphatic carbocycles. The van der Waals surface area contributed by atoms with Crippen LogP contribution in [0.1, 0.15) is 30.5 Å². The second kappa shape index (κ2) is 8.43. The van der Waals surface area contributed by atoms with Crippen molar-refractivity contribution in [1.29, 1.82) is 0 Å². The second-order valence-corrected chi connectivity index (χ2v) is 6.61. The minimum Gasteiger partial charge on any atom is -0.490 e. The monoisotopic (exact) mass is 425 g/mol. The molecule has 0 fully saturated rings. The number of anilines is 1. The number of hydrogen-bond donors (Lipinski definition) is 1. The van der Waals surface area contributed by atoms with Gasteiger partial charge in [-0.1, -0.05) is 17.7 Å². The van der Waals surface area contributed by atoms with Crippen LogP contribution in [0.5, 0.6) is 11.5 Å². The molecule has 3 nitrogen and oxygen atoms in total. The van der Waals surface area contributed by atoms with E-state index in [1.165, 1.54) is 16.7 Å². The van der Waals surface area contributed by atoms with E-state index in [1.54, 1.807) is 0 Å². The molecule has 0 heterocycles. The first-order valence-corrected chi connectivity index (χ1v) is 9.02. The molecule has 2 aromatic rings. The third-order valence-electron chi connectivity index (χ3n) is 3.52. The van der Waals surface area contributed by atoms with Crippen molar-refractivity contribution in [2.75, 3.05) is 18.5 Å². The summed E-state index contributed by atoms with van der Waals surface area (Å²) in [5.74, 6) is 1.66. The molecular weight excluding hydrogens is 401 g/mol. The van der Waals surface area contributed by atoms with Gasteiger partial charge in [-0.05, 0) is 79.6 Å². The fourth-order valence-corrected chi connectivity index (χ4v) is 3.30. The van der Waals surface area contributed by atoms with E-state index in [0.717, 1.165) is 27.3 Å². The first-order valence-electron chi connectivity index (χ1n) is 7.94. The smallest absolute Gasteiger partial charge is 0.174 e. The van der Waals surface area contributed by atoms with Gasteiger partial charge < -0.3 is 14.8 Å². The second-order valence-electron chi connectivity index (χ2n) is 5.44. The van der Waals surface area contributed by atoms with E-state index >= 15 is 0 Å². The standard InChI is InChI=1S/C19H24INO2/c1-5-22-18-11-15(10-16(20)19(18)23-6-2)12-21-17-8-7-13(3)9-14(17)4/h7-11,21H,5-6,12H2,1-4H3. The Morgan fingerprint density at radius 1 is 1.00 bits per heavy atom. The molecule has 0 aromatic heterocycles. The highest BCUT2D eigenvalue weighted by Crippen LogP contribution is 2.34. The average molecular weight is 425 g/mol. The van der Waals surface area contributed by atoms with Crippen LogP contribution in [-0.2, 0) is 6.54 Å². The van der Waals surface area contributed by atoms with Gasteiger partial charge >= 0.3 is 0 Å². The van der Waals surface area contributed by atoms with Gasteiger partial charge in [0.05, 0.1) is 16.8 Å². The summed E-state index contributed by atoms with van der Waals surface area (Å²) in [5.41, 5.74) is 4.89. The molecule has 0 spiro atoms. The molecule has 2 aromatic carbocycles. The summed E-state index contributed by atoms with van der Waals surface area (Å²) in [6, 6.07) is 10.7. The van der Waals surface area contributed by atoms with Gasteiger partial charge in [-0.15, -0.1) is 0 Å². The molecule has 0 saturated carbocycles. The third kappa shape index (κ3) is 4.77. The van der Waals surface area contributed by atoms with Crippen LogP contribution in [0.4, 0.5) is 5.69 Å². The van der Waals surface area contributed by atoms with Crippen molar-refractivity contribution < 1.29 is 9.47 Å². The van der Waals surface area contributed by atoms with E-state index in [2.05, 4.69) is 72.1 Å². The fourth-order valence-electron chi connectivity index (χ4n) is 2.48. The Morgan fingerprint density at radius 3 is 2.39 bits per heavy atom. The SMILES string of the molecule is CCOc1cc(CNc2ccc(C)cc2C)cc(I)c1OCC. The van der Waals surface area contributed by atoms with E-state index < -0.39 is 0 Å².